The maximum absolute atomic E-state index is 12.0. The van der Waals surface area contributed by atoms with Crippen LogP contribution in [0.3, 0.4) is 0 Å². The fraction of sp³-hybridized carbons (Fsp3) is 0.800. The minimum atomic E-state index is -0.795. The molecule has 0 spiro atoms. The van der Waals surface area contributed by atoms with Gasteiger partial charge < -0.3 is 39.1 Å². The lowest BCUT2D eigenvalue weighted by molar-refractivity contribution is -0.112. The third-order valence-electron chi connectivity index (χ3n) is 6.29. The molecule has 0 bridgehead atoms. The summed E-state index contributed by atoms with van der Waals surface area (Å²) in [6, 6.07) is 0. The van der Waals surface area contributed by atoms with Crippen LogP contribution < -0.4 is 16.0 Å². The van der Waals surface area contributed by atoms with Gasteiger partial charge in [0.25, 0.3) is 0 Å². The summed E-state index contributed by atoms with van der Waals surface area (Å²) in [5, 5.41) is 16.8. The van der Waals surface area contributed by atoms with E-state index in [9.17, 15) is 24.0 Å². The number of rotatable bonds is 2. The van der Waals surface area contributed by atoms with Gasteiger partial charge >= 0.3 is 24.4 Å². The molecule has 0 aromatic rings. The van der Waals surface area contributed by atoms with Crippen molar-refractivity contribution in [3.8, 4) is 0 Å². The fourth-order valence-corrected chi connectivity index (χ4v) is 4.16. The number of likely N-dealkylation sites (tertiary alicyclic amines) is 1. The van der Waals surface area contributed by atoms with Gasteiger partial charge in [0.1, 0.15) is 34.5 Å². The molecule has 294 valence electrons. The maximum atomic E-state index is 12.0. The Kier molecular flexibility index (Phi) is 19.9. The molecule has 2 aliphatic rings. The van der Waals surface area contributed by atoms with E-state index in [1.54, 1.807) is 88.0 Å². The summed E-state index contributed by atoms with van der Waals surface area (Å²) in [7, 11) is 0. The van der Waals surface area contributed by atoms with Crippen LogP contribution in [0.2, 0.25) is 0 Å². The first-order chi connectivity index (χ1) is 23.2. The van der Waals surface area contributed by atoms with Crippen LogP contribution in [0.5, 0.6) is 0 Å². The van der Waals surface area contributed by atoms with E-state index < -0.39 is 46.8 Å². The van der Waals surface area contributed by atoms with Crippen molar-refractivity contribution < 1.29 is 48.0 Å². The molecule has 0 unspecified atom stereocenters. The Morgan fingerprint density at radius 2 is 1.12 bits per heavy atom. The number of guanidine groups is 1. The van der Waals surface area contributed by atoms with Gasteiger partial charge in [0, 0.05) is 25.6 Å². The number of aldehydes is 1. The summed E-state index contributed by atoms with van der Waals surface area (Å²) in [6.45, 7) is 25.9. The number of piperidine rings is 2. The molecule has 16 nitrogen and oxygen atoms in total. The standard InChI is InChI=1S/C17H29N3O5.C12H22N2O4.C6H13NO/c1-16(2,3)24-14(22)18-13(19-15(23)25-17(4,5)6)20-9-7-12(11-21)8-10-20;1-8(13-9(15)17-11(2,3)4)14-10(16)18-12(5,6)7;8-5-6-1-3-7-4-2-6/h11-12H,7-10H2,1-6H3,(H,18,19,22,23);1-7H3,(H,13,14,15,16);6-8H,1-5H2. The lowest BCUT2D eigenvalue weighted by atomic mass is 9.99. The molecular weight excluding hydrogens is 664 g/mol. The van der Waals surface area contributed by atoms with Gasteiger partial charge in [-0.25, -0.2) is 19.2 Å². The number of aliphatic imine (C=N–C) groups is 2. The number of amidine groups is 1. The summed E-state index contributed by atoms with van der Waals surface area (Å²) >= 11 is 0. The van der Waals surface area contributed by atoms with Crippen molar-refractivity contribution in [1.29, 1.82) is 0 Å². The molecule has 2 aliphatic heterocycles. The molecular formula is C35H64N6O10. The summed E-state index contributed by atoms with van der Waals surface area (Å²) < 4.78 is 20.4. The fourth-order valence-electron chi connectivity index (χ4n) is 4.16. The highest BCUT2D eigenvalue weighted by molar-refractivity contribution is 5.99. The molecule has 4 N–H and O–H groups in total. The largest absolute Gasteiger partial charge is 0.444 e. The van der Waals surface area contributed by atoms with E-state index in [0.717, 1.165) is 32.2 Å². The highest BCUT2D eigenvalue weighted by Crippen LogP contribution is 2.16. The third kappa shape index (κ3) is 26.7. The van der Waals surface area contributed by atoms with Gasteiger partial charge in [0.15, 0.2) is 0 Å². The molecule has 2 fully saturated rings. The molecule has 0 aliphatic carbocycles. The zero-order valence-electron chi connectivity index (χ0n) is 33.1. The van der Waals surface area contributed by atoms with Gasteiger partial charge in [0.2, 0.25) is 5.96 Å². The number of nitrogens with zero attached hydrogens (tertiary/aromatic N) is 3. The first kappa shape index (κ1) is 47.2. The summed E-state index contributed by atoms with van der Waals surface area (Å²) in [6.07, 6.45) is 1.59. The topological polar surface area (TPSA) is 207 Å². The molecule has 16 heteroatoms. The second-order valence-electron chi connectivity index (χ2n) is 16.2. The van der Waals surface area contributed by atoms with Crippen LogP contribution in [0.15, 0.2) is 9.98 Å². The zero-order chi connectivity index (χ0) is 39.6. The van der Waals surface area contributed by atoms with E-state index in [4.69, 9.17) is 24.1 Å². The number of carbonyl (C=O) groups excluding carboxylic acids is 5. The minimum absolute atomic E-state index is 0.0134. The predicted molar refractivity (Wildman–Crippen MR) is 195 cm³/mol. The van der Waals surface area contributed by atoms with Gasteiger partial charge in [-0.1, -0.05) is 0 Å². The first-order valence-electron chi connectivity index (χ1n) is 17.3. The van der Waals surface area contributed by atoms with Crippen molar-refractivity contribution in [1.82, 2.24) is 20.9 Å². The van der Waals surface area contributed by atoms with Crippen LogP contribution in [-0.2, 0) is 23.7 Å². The van der Waals surface area contributed by atoms with Gasteiger partial charge in [-0.05, 0) is 135 Å². The summed E-state index contributed by atoms with van der Waals surface area (Å²) in [5.41, 5.74) is -2.59. The van der Waals surface area contributed by atoms with Gasteiger partial charge in [-0.2, -0.15) is 4.99 Å². The van der Waals surface area contributed by atoms with Crippen LogP contribution in [-0.4, -0.2) is 108 Å². The number of hydrogen-bond acceptors (Lipinski definition) is 11. The Labute approximate surface area is 303 Å². The number of hydrogen-bond donors (Lipinski definition) is 4. The Balaban J connectivity index is 0.000000831. The monoisotopic (exact) mass is 728 g/mol. The number of nitrogens with one attached hydrogen (secondary N) is 3. The van der Waals surface area contributed by atoms with Crippen LogP contribution in [0.4, 0.5) is 19.2 Å². The minimum Gasteiger partial charge on any atom is -0.444 e. The van der Waals surface area contributed by atoms with E-state index in [2.05, 4.69) is 25.9 Å². The molecule has 2 saturated heterocycles. The second kappa shape index (κ2) is 21.5. The maximum Gasteiger partial charge on any atom is 0.437 e. The van der Waals surface area contributed by atoms with Crippen molar-refractivity contribution in [3.63, 3.8) is 0 Å². The number of ether oxygens (including phenoxy) is 4. The number of aliphatic hydroxyl groups excluding tert-OH is 1. The summed E-state index contributed by atoms with van der Waals surface area (Å²) in [5.74, 6) is 0.767. The predicted octanol–water partition coefficient (Wildman–Crippen LogP) is 5.56. The van der Waals surface area contributed by atoms with Crippen LogP contribution in [0, 0.1) is 11.8 Å². The molecule has 0 radical (unpaired) electrons. The van der Waals surface area contributed by atoms with Crippen molar-refractivity contribution in [2.24, 2.45) is 21.8 Å². The highest BCUT2D eigenvalue weighted by Gasteiger charge is 2.26. The first-order valence-corrected chi connectivity index (χ1v) is 17.3. The van der Waals surface area contributed by atoms with E-state index in [1.807, 2.05) is 0 Å². The molecule has 0 aromatic carbocycles. The average Bonchev–Trinajstić information content (AvgIpc) is 2.94. The van der Waals surface area contributed by atoms with Crippen molar-refractivity contribution in [2.45, 2.75) is 138 Å². The van der Waals surface area contributed by atoms with Crippen molar-refractivity contribution >= 4 is 42.5 Å². The van der Waals surface area contributed by atoms with E-state index in [1.165, 1.54) is 6.92 Å². The second-order valence-corrected chi connectivity index (χ2v) is 16.2. The average molecular weight is 729 g/mol. The van der Waals surface area contributed by atoms with E-state index in [-0.39, 0.29) is 17.7 Å². The smallest absolute Gasteiger partial charge is 0.437 e. The molecule has 4 amide bonds. The van der Waals surface area contributed by atoms with Crippen molar-refractivity contribution in [2.75, 3.05) is 32.8 Å². The molecule has 2 rings (SSSR count). The number of carbonyl (C=O) groups is 5. The number of aliphatic hydroxyl groups is 1. The Hall–Kier alpha value is -3.79. The number of alkyl carbamates (subject to hydrolysis) is 2. The zero-order valence-corrected chi connectivity index (χ0v) is 33.1. The Morgan fingerprint density at radius 3 is 1.49 bits per heavy atom. The van der Waals surface area contributed by atoms with Gasteiger partial charge in [-0.15, -0.1) is 4.99 Å². The SMILES string of the molecule is CC(=NC(=O)OC(C)(C)C)NC(=O)OC(C)(C)C.CC(C)(C)OC(=O)N=C(NC(=O)OC(C)(C)C)N1CCC(C=O)CC1.OCC1CCNCC1. The molecule has 51 heavy (non-hydrogen) atoms. The lowest BCUT2D eigenvalue weighted by Crippen LogP contribution is -2.49. The van der Waals surface area contributed by atoms with Gasteiger partial charge in [0.05, 0.1) is 0 Å². The number of amides is 4. The molecule has 2 heterocycles. The molecule has 0 atom stereocenters. The van der Waals surface area contributed by atoms with E-state index in [0.29, 0.717) is 38.5 Å². The lowest BCUT2D eigenvalue weighted by Gasteiger charge is -2.32. The summed E-state index contributed by atoms with van der Waals surface area (Å²) in [4.78, 5) is 66.9. The van der Waals surface area contributed by atoms with E-state index >= 15 is 0 Å². The third-order valence-corrected chi connectivity index (χ3v) is 6.29. The molecule has 0 saturated carbocycles. The van der Waals surface area contributed by atoms with Crippen LogP contribution in [0.25, 0.3) is 0 Å². The Bertz CT molecular complexity index is 1180. The van der Waals surface area contributed by atoms with Crippen LogP contribution >= 0.6 is 0 Å². The van der Waals surface area contributed by atoms with Gasteiger partial charge in [-0.3, -0.25) is 10.6 Å². The quantitative estimate of drug-likeness (QED) is 0.119. The normalized spacial score (nSPS) is 16.6. The highest BCUT2D eigenvalue weighted by atomic mass is 16.6. The van der Waals surface area contributed by atoms with Crippen molar-refractivity contribution in [3.05, 3.63) is 0 Å². The molecule has 0 aromatic heterocycles. The van der Waals surface area contributed by atoms with Crippen LogP contribution in [0.1, 0.15) is 116 Å². The Morgan fingerprint density at radius 1 is 0.706 bits per heavy atom.